The summed E-state index contributed by atoms with van der Waals surface area (Å²) in [6.45, 7) is 30.7. The topological polar surface area (TPSA) is 255 Å². The Labute approximate surface area is 366 Å². The van der Waals surface area contributed by atoms with Gasteiger partial charge in [0.25, 0.3) is 0 Å². The molecule has 0 unspecified atom stereocenters. The fraction of sp³-hybridized carbons (Fsp3) is 0.825. The van der Waals surface area contributed by atoms with Gasteiger partial charge in [-0.1, -0.05) is 0 Å². The number of aliphatic carboxylic acids is 3. The third-order valence-electron chi connectivity index (χ3n) is 5.46. The third kappa shape index (κ3) is 30.5. The molecule has 19 heteroatoms. The van der Waals surface area contributed by atoms with Crippen molar-refractivity contribution in [2.24, 2.45) is 0 Å². The van der Waals surface area contributed by atoms with E-state index in [2.05, 4.69) is 0 Å². The van der Waals surface area contributed by atoms with Gasteiger partial charge < -0.3 is 79.8 Å². The van der Waals surface area contributed by atoms with Crippen LogP contribution >= 0.6 is 0 Å². The average Bonchev–Trinajstić information content (AvgIpc) is 2.93. The maximum Gasteiger partial charge on any atom is 4.00 e. The first kappa shape index (κ1) is 65.9. The monoisotopic (exact) mass is 888 g/mol. The summed E-state index contributed by atoms with van der Waals surface area (Å²) in [6.07, 6.45) is -5.83. The fourth-order valence-electron chi connectivity index (χ4n) is 4.35. The molecular formula is C40H72O18Ti. The molecule has 0 bridgehead atoms. The van der Waals surface area contributed by atoms with Crippen molar-refractivity contribution in [3.63, 3.8) is 0 Å². The summed E-state index contributed by atoms with van der Waals surface area (Å²) in [5, 5.41) is 31.8. The number of Topliss-reactive ketones (excluding diaryl/α,β-unsaturated/α-hetero) is 3. The fourth-order valence-corrected chi connectivity index (χ4v) is 4.35. The van der Waals surface area contributed by atoms with Gasteiger partial charge >= 0.3 is 39.6 Å². The van der Waals surface area contributed by atoms with Crippen LogP contribution in [-0.2, 0) is 93.1 Å². The van der Waals surface area contributed by atoms with E-state index >= 15 is 0 Å². The van der Waals surface area contributed by atoms with E-state index in [1.165, 1.54) is 0 Å². The van der Waals surface area contributed by atoms with Crippen molar-refractivity contribution in [3.8, 4) is 0 Å². The Kier molecular flexibility index (Phi) is 35.3. The second-order valence-corrected chi connectivity index (χ2v) is 15.1. The number of carbonyl (C=O) groups is 6. The third-order valence-corrected chi connectivity index (χ3v) is 5.46. The number of hydrogen-bond donors (Lipinski definition) is 0. The molecule has 0 aromatic carbocycles. The van der Waals surface area contributed by atoms with Crippen LogP contribution in [-0.4, -0.2) is 108 Å². The molecule has 0 saturated carbocycles. The molecule has 59 heavy (non-hydrogen) atoms. The molecule has 0 spiro atoms. The number of hydrogen-bond acceptors (Lipinski definition) is 18. The van der Waals surface area contributed by atoms with E-state index < -0.39 is 72.4 Å². The Morgan fingerprint density at radius 2 is 0.424 bits per heavy atom. The molecule has 0 aliphatic rings. The minimum atomic E-state index is -2.00. The number of carbonyl (C=O) groups excluding carboxylic acids is 6. The van der Waals surface area contributed by atoms with Crippen LogP contribution < -0.4 is 15.3 Å². The molecular weight excluding hydrogens is 816 g/mol. The van der Waals surface area contributed by atoms with E-state index in [0.29, 0.717) is 0 Å². The molecule has 0 N–H and O–H groups in total. The van der Waals surface area contributed by atoms with Crippen molar-refractivity contribution < 1.29 is 108 Å². The molecule has 0 rings (SSSR count). The Morgan fingerprint density at radius 1 is 0.322 bits per heavy atom. The van der Waals surface area contributed by atoms with Crippen molar-refractivity contribution in [3.05, 3.63) is 7.43 Å². The van der Waals surface area contributed by atoms with Gasteiger partial charge in [0.1, 0.15) is 0 Å². The molecule has 0 aromatic rings. The Bertz CT molecular complexity index is 1000. The maximum atomic E-state index is 12.1. The predicted molar refractivity (Wildman–Crippen MR) is 204 cm³/mol. The van der Waals surface area contributed by atoms with Crippen molar-refractivity contribution in [2.75, 3.05) is 0 Å². The van der Waals surface area contributed by atoms with Gasteiger partial charge in [-0.05, 0) is 125 Å². The van der Waals surface area contributed by atoms with Crippen molar-refractivity contribution >= 4 is 35.3 Å². The van der Waals surface area contributed by atoms with Gasteiger partial charge in [-0.15, -0.1) is 0 Å². The first-order chi connectivity index (χ1) is 25.8. The van der Waals surface area contributed by atoms with E-state index in [1.54, 1.807) is 125 Å². The summed E-state index contributed by atoms with van der Waals surface area (Å²) in [5.74, 6) is -13.0. The van der Waals surface area contributed by atoms with Gasteiger partial charge in [-0.25, -0.2) is 0 Å². The molecule has 0 atom stereocenters. The molecule has 0 aromatic heterocycles. The molecule has 0 aliphatic heterocycles. The standard InChI is InChI=1S/3C13H24O6.CH3.Ti/c3*1-8(2)17-13(18-9(3)4,19-10(5)6)11(14)7-12(15)16;;/h3*8-10H,7H2,1-6H3,(H,15,16);1H3;/q;;;-1;+4/p-3. The van der Waals surface area contributed by atoms with Crippen LogP contribution in [0.3, 0.4) is 0 Å². The summed E-state index contributed by atoms with van der Waals surface area (Å²) in [5.41, 5.74) is 0. The van der Waals surface area contributed by atoms with Crippen LogP contribution in [0.15, 0.2) is 0 Å². The summed E-state index contributed by atoms with van der Waals surface area (Å²) in [7, 11) is 0. The van der Waals surface area contributed by atoms with Crippen molar-refractivity contribution in [1.29, 1.82) is 0 Å². The first-order valence-electron chi connectivity index (χ1n) is 19.1. The number of ether oxygens (including phenoxy) is 9. The summed E-state index contributed by atoms with van der Waals surface area (Å²) < 4.78 is 48.9. The summed E-state index contributed by atoms with van der Waals surface area (Å²) >= 11 is 0. The molecule has 18 nitrogen and oxygen atoms in total. The molecule has 0 fully saturated rings. The van der Waals surface area contributed by atoms with E-state index in [9.17, 15) is 44.1 Å². The van der Waals surface area contributed by atoms with Gasteiger partial charge in [-0.2, -0.15) is 0 Å². The Morgan fingerprint density at radius 3 is 0.492 bits per heavy atom. The Balaban J connectivity index is -0.000000243. The summed E-state index contributed by atoms with van der Waals surface area (Å²) in [4.78, 5) is 68.1. The minimum Gasteiger partial charge on any atom is -0.550 e. The predicted octanol–water partition coefficient (Wildman–Crippen LogP) is 2.32. The van der Waals surface area contributed by atoms with Gasteiger partial charge in [-0.3, -0.25) is 14.4 Å². The zero-order valence-corrected chi connectivity index (χ0v) is 40.2. The molecule has 0 saturated heterocycles. The van der Waals surface area contributed by atoms with Gasteiger partial charge in [0, 0.05) is 17.9 Å². The molecule has 0 aliphatic carbocycles. The first-order valence-corrected chi connectivity index (χ1v) is 19.1. The quantitative estimate of drug-likeness (QED) is 0.0496. The van der Waals surface area contributed by atoms with Crippen LogP contribution in [0.4, 0.5) is 0 Å². The van der Waals surface area contributed by atoms with Crippen LogP contribution in [0.1, 0.15) is 144 Å². The van der Waals surface area contributed by atoms with Crippen molar-refractivity contribution in [2.45, 2.75) is 217 Å². The zero-order chi connectivity index (χ0) is 45.6. The van der Waals surface area contributed by atoms with Crippen LogP contribution in [0.5, 0.6) is 0 Å². The van der Waals surface area contributed by atoms with E-state index in [1.807, 2.05) is 0 Å². The van der Waals surface area contributed by atoms with E-state index in [-0.39, 0.29) is 84.1 Å². The van der Waals surface area contributed by atoms with Gasteiger partial charge in [0.05, 0.1) is 74.2 Å². The number of carboxylic acids is 3. The van der Waals surface area contributed by atoms with Gasteiger partial charge in [0.15, 0.2) is 0 Å². The molecule has 0 radical (unpaired) electrons. The number of carboxylic acid groups (broad SMARTS) is 3. The molecule has 0 heterocycles. The molecule has 344 valence electrons. The Hall–Kier alpha value is -2.23. The zero-order valence-electron chi connectivity index (χ0n) is 38.7. The average molecular weight is 889 g/mol. The second-order valence-electron chi connectivity index (χ2n) is 15.1. The van der Waals surface area contributed by atoms with Crippen LogP contribution in [0.2, 0.25) is 0 Å². The largest absolute Gasteiger partial charge is 4.00 e. The van der Waals surface area contributed by atoms with E-state index in [4.69, 9.17) is 42.6 Å². The maximum absolute atomic E-state index is 12.1. The smallest absolute Gasteiger partial charge is 0.550 e. The summed E-state index contributed by atoms with van der Waals surface area (Å²) in [6, 6.07) is 0. The number of rotatable bonds is 27. The normalized spacial score (nSPS) is 12.1. The van der Waals surface area contributed by atoms with Crippen LogP contribution in [0, 0.1) is 7.43 Å². The second kappa shape index (κ2) is 31.6. The minimum absolute atomic E-state index is 0. The van der Waals surface area contributed by atoms with Gasteiger partial charge in [0.2, 0.25) is 17.3 Å². The van der Waals surface area contributed by atoms with E-state index in [0.717, 1.165) is 0 Å². The van der Waals surface area contributed by atoms with Crippen LogP contribution in [0.25, 0.3) is 0 Å². The molecule has 0 amide bonds. The van der Waals surface area contributed by atoms with Crippen molar-refractivity contribution in [1.82, 2.24) is 0 Å². The number of ketones is 3. The SMILES string of the molecule is CC(C)OC(OC(C)C)(OC(C)C)C(=O)CC(=O)[O-].CC(C)OC(OC(C)C)(OC(C)C)C(=O)CC(=O)[O-].CC(C)OC(OC(C)C)(OC(C)C)C(=O)CC(=O)[O-].[CH3-].[Ti+4].